The van der Waals surface area contributed by atoms with E-state index < -0.39 is 0 Å². The van der Waals surface area contributed by atoms with E-state index in [9.17, 15) is 0 Å². The van der Waals surface area contributed by atoms with Crippen LogP contribution in [0.15, 0.2) is 24.3 Å². The Morgan fingerprint density at radius 2 is 1.78 bits per heavy atom. The van der Waals surface area contributed by atoms with Crippen LogP contribution >= 0.6 is 0 Å². The number of benzene rings is 1. The van der Waals surface area contributed by atoms with Crippen molar-refractivity contribution in [3.63, 3.8) is 0 Å². The molecule has 3 rings (SSSR count). The van der Waals surface area contributed by atoms with Crippen LogP contribution in [0.3, 0.4) is 0 Å². The third-order valence-corrected chi connectivity index (χ3v) is 4.22. The van der Waals surface area contributed by atoms with Crippen LogP contribution in [-0.4, -0.2) is 49.2 Å². The normalized spacial score (nSPS) is 25.9. The number of hydrogen-bond donors (Lipinski definition) is 1. The fourth-order valence-electron chi connectivity index (χ4n) is 3.00. The molecule has 1 aromatic carbocycles. The summed E-state index contributed by atoms with van der Waals surface area (Å²) in [6.07, 6.45) is 3.67. The first-order chi connectivity index (χ1) is 8.81. The second-order valence-electron chi connectivity index (χ2n) is 5.63. The number of rotatable bonds is 2. The van der Waals surface area contributed by atoms with Crippen molar-refractivity contribution in [2.45, 2.75) is 25.3 Å². The number of hydrogen-bond acceptors (Lipinski definition) is 3. The largest absolute Gasteiger partial charge is 0.304 e. The van der Waals surface area contributed by atoms with Gasteiger partial charge in [0.25, 0.3) is 0 Å². The van der Waals surface area contributed by atoms with Crippen LogP contribution in [0.1, 0.15) is 17.5 Å². The maximum absolute atomic E-state index is 3.73. The zero-order chi connectivity index (χ0) is 12.4. The smallest absolute Gasteiger partial charge is 0.0259 e. The number of nitrogens with zero attached hydrogens (tertiary/aromatic N) is 2. The van der Waals surface area contributed by atoms with Crippen molar-refractivity contribution in [3.8, 4) is 0 Å². The Morgan fingerprint density at radius 3 is 2.56 bits per heavy atom. The van der Waals surface area contributed by atoms with Gasteiger partial charge in [0.2, 0.25) is 0 Å². The van der Waals surface area contributed by atoms with Gasteiger partial charge in [0, 0.05) is 32.2 Å². The number of nitrogens with one attached hydrogen (secondary N) is 1. The van der Waals surface area contributed by atoms with E-state index >= 15 is 0 Å². The maximum Gasteiger partial charge on any atom is 0.0259 e. The Bertz CT molecular complexity index is 396. The lowest BCUT2D eigenvalue weighted by molar-refractivity contribution is 0.0836. The average molecular weight is 245 g/mol. The summed E-state index contributed by atoms with van der Waals surface area (Å²) in [7, 11) is 2.20. The summed E-state index contributed by atoms with van der Waals surface area (Å²) in [4.78, 5) is 2.40. The van der Waals surface area contributed by atoms with Crippen molar-refractivity contribution in [1.82, 2.24) is 15.3 Å². The van der Waals surface area contributed by atoms with E-state index in [-0.39, 0.29) is 0 Å². The molecule has 1 aliphatic carbocycles. The van der Waals surface area contributed by atoms with E-state index in [0.29, 0.717) is 6.04 Å². The molecule has 1 heterocycles. The van der Waals surface area contributed by atoms with Crippen molar-refractivity contribution >= 4 is 0 Å². The molecule has 1 aromatic rings. The molecule has 0 bridgehead atoms. The van der Waals surface area contributed by atoms with Gasteiger partial charge in [-0.15, -0.1) is 0 Å². The van der Waals surface area contributed by atoms with E-state index in [1.165, 1.54) is 37.9 Å². The summed E-state index contributed by atoms with van der Waals surface area (Å²) in [5, 5.41) is 2.42. The van der Waals surface area contributed by atoms with Crippen LogP contribution in [-0.2, 0) is 12.8 Å². The molecule has 1 N–H and O–H groups in total. The molecule has 0 aromatic heterocycles. The Labute approximate surface area is 110 Å². The van der Waals surface area contributed by atoms with Crippen LogP contribution in [0.5, 0.6) is 0 Å². The molecule has 98 valence electrons. The first-order valence-corrected chi connectivity index (χ1v) is 7.08. The lowest BCUT2D eigenvalue weighted by atomic mass is 9.89. The molecule has 0 radical (unpaired) electrons. The van der Waals surface area contributed by atoms with Crippen LogP contribution in [0, 0.1) is 0 Å². The lowest BCUT2D eigenvalue weighted by Gasteiger charge is -2.36. The van der Waals surface area contributed by atoms with E-state index in [1.807, 2.05) is 0 Å². The minimum atomic E-state index is 0.628. The Hall–Kier alpha value is -0.900. The molecule has 1 unspecified atom stereocenters. The van der Waals surface area contributed by atoms with E-state index in [0.717, 1.165) is 13.1 Å². The van der Waals surface area contributed by atoms with Gasteiger partial charge in [0.05, 0.1) is 0 Å². The topological polar surface area (TPSA) is 18.5 Å². The predicted molar refractivity (Wildman–Crippen MR) is 74.5 cm³/mol. The van der Waals surface area contributed by atoms with Gasteiger partial charge in [-0.05, 0) is 37.4 Å². The number of fused-ring (bicyclic) bond motifs is 1. The number of likely N-dealkylation sites (N-methyl/N-ethyl adjacent to an activating group) is 1. The lowest BCUT2D eigenvalue weighted by Crippen LogP contribution is -2.54. The molecule has 2 aliphatic rings. The van der Waals surface area contributed by atoms with Gasteiger partial charge in [-0.1, -0.05) is 24.3 Å². The number of piperazine rings is 1. The number of aryl methyl sites for hydroxylation is 1. The predicted octanol–water partition coefficient (Wildman–Crippen LogP) is 1.30. The number of hydrazine groups is 1. The Balaban J connectivity index is 1.56. The van der Waals surface area contributed by atoms with E-state index in [1.54, 1.807) is 5.56 Å². The van der Waals surface area contributed by atoms with Crippen LogP contribution in [0.2, 0.25) is 0 Å². The van der Waals surface area contributed by atoms with Crippen molar-refractivity contribution < 1.29 is 0 Å². The van der Waals surface area contributed by atoms with Gasteiger partial charge in [-0.3, -0.25) is 5.43 Å². The SMILES string of the molecule is CN1CCN(NC2CCc3ccccc3C2)CC1. The highest BCUT2D eigenvalue weighted by Crippen LogP contribution is 2.21. The molecule has 3 heteroatoms. The third kappa shape index (κ3) is 2.74. The van der Waals surface area contributed by atoms with Gasteiger partial charge in [-0.25, -0.2) is 5.01 Å². The van der Waals surface area contributed by atoms with Gasteiger partial charge in [0.15, 0.2) is 0 Å². The van der Waals surface area contributed by atoms with Gasteiger partial charge in [0.1, 0.15) is 0 Å². The zero-order valence-electron chi connectivity index (χ0n) is 11.2. The van der Waals surface area contributed by atoms with Crippen LogP contribution < -0.4 is 5.43 Å². The first-order valence-electron chi connectivity index (χ1n) is 7.08. The Morgan fingerprint density at radius 1 is 1.06 bits per heavy atom. The highest BCUT2D eigenvalue weighted by Gasteiger charge is 2.21. The second kappa shape index (κ2) is 5.39. The van der Waals surface area contributed by atoms with Crippen molar-refractivity contribution in [3.05, 3.63) is 35.4 Å². The first kappa shape index (κ1) is 12.2. The molecule has 3 nitrogen and oxygen atoms in total. The second-order valence-corrected chi connectivity index (χ2v) is 5.63. The molecule has 0 saturated carbocycles. The summed E-state index contributed by atoms with van der Waals surface area (Å²) < 4.78 is 0. The molecular weight excluding hydrogens is 222 g/mol. The van der Waals surface area contributed by atoms with Crippen molar-refractivity contribution in [2.75, 3.05) is 33.2 Å². The molecule has 1 fully saturated rings. The standard InChI is InChI=1S/C15H23N3/c1-17-8-10-18(11-9-17)16-15-7-6-13-4-2-3-5-14(13)12-15/h2-5,15-16H,6-12H2,1H3. The molecule has 0 spiro atoms. The summed E-state index contributed by atoms with van der Waals surface area (Å²) in [6, 6.07) is 9.52. The van der Waals surface area contributed by atoms with Crippen LogP contribution in [0.25, 0.3) is 0 Å². The highest BCUT2D eigenvalue weighted by atomic mass is 15.5. The third-order valence-electron chi connectivity index (χ3n) is 4.22. The fourth-order valence-corrected chi connectivity index (χ4v) is 3.00. The summed E-state index contributed by atoms with van der Waals surface area (Å²) in [5.74, 6) is 0. The highest BCUT2D eigenvalue weighted by molar-refractivity contribution is 5.30. The van der Waals surface area contributed by atoms with Crippen molar-refractivity contribution in [1.29, 1.82) is 0 Å². The monoisotopic (exact) mass is 245 g/mol. The van der Waals surface area contributed by atoms with Gasteiger partial charge >= 0.3 is 0 Å². The van der Waals surface area contributed by atoms with Crippen molar-refractivity contribution in [2.24, 2.45) is 0 Å². The fraction of sp³-hybridized carbons (Fsp3) is 0.600. The molecule has 0 amide bonds. The summed E-state index contributed by atoms with van der Waals surface area (Å²) in [5.41, 5.74) is 6.81. The van der Waals surface area contributed by atoms with Gasteiger partial charge < -0.3 is 4.90 Å². The molecule has 1 saturated heterocycles. The molecule has 18 heavy (non-hydrogen) atoms. The Kier molecular flexibility index (Phi) is 3.64. The minimum Gasteiger partial charge on any atom is -0.304 e. The minimum absolute atomic E-state index is 0.628. The average Bonchev–Trinajstić information content (AvgIpc) is 2.41. The van der Waals surface area contributed by atoms with E-state index in [4.69, 9.17) is 0 Å². The molecular formula is C15H23N3. The maximum atomic E-state index is 3.73. The molecule has 1 atom stereocenters. The summed E-state index contributed by atoms with van der Waals surface area (Å²) >= 11 is 0. The zero-order valence-corrected chi connectivity index (χ0v) is 11.2. The van der Waals surface area contributed by atoms with Crippen LogP contribution in [0.4, 0.5) is 0 Å². The molecule has 1 aliphatic heterocycles. The summed E-state index contributed by atoms with van der Waals surface area (Å²) in [6.45, 7) is 4.65. The van der Waals surface area contributed by atoms with Gasteiger partial charge in [-0.2, -0.15) is 0 Å². The quantitative estimate of drug-likeness (QED) is 0.847. The van der Waals surface area contributed by atoms with E-state index in [2.05, 4.69) is 46.6 Å².